The van der Waals surface area contributed by atoms with E-state index in [-0.39, 0.29) is 11.1 Å². The van der Waals surface area contributed by atoms with Crippen molar-refractivity contribution >= 4 is 11.9 Å². The summed E-state index contributed by atoms with van der Waals surface area (Å²) in [4.78, 5) is 22.9. The second-order valence-corrected chi connectivity index (χ2v) is 6.08. The number of aliphatic hydroxyl groups excluding tert-OH is 2. The second kappa shape index (κ2) is 9.12. The van der Waals surface area contributed by atoms with Gasteiger partial charge in [-0.1, -0.05) is 61.7 Å². The van der Waals surface area contributed by atoms with E-state index in [4.69, 9.17) is 0 Å². The molecule has 0 aromatic heterocycles. The summed E-state index contributed by atoms with van der Waals surface area (Å²) in [6.07, 6.45) is -2.30. The van der Waals surface area contributed by atoms with E-state index in [2.05, 4.69) is 22.6 Å². The highest BCUT2D eigenvalue weighted by atomic mass is 16.5. The zero-order chi connectivity index (χ0) is 20.8. The van der Waals surface area contributed by atoms with Gasteiger partial charge >= 0.3 is 11.9 Å². The van der Waals surface area contributed by atoms with Crippen LogP contribution in [-0.2, 0) is 19.1 Å². The molecule has 0 fully saturated rings. The average Bonchev–Trinajstić information content (AvgIpc) is 2.76. The van der Waals surface area contributed by atoms with Crippen LogP contribution < -0.4 is 0 Å². The third-order valence-corrected chi connectivity index (χ3v) is 4.34. The predicted molar refractivity (Wildman–Crippen MR) is 104 cm³/mol. The molecule has 0 spiro atoms. The SMILES string of the molecule is C=C(C(=O)OC)C(O)c1ccc(-c2ccc(C(O)C(=C)C(=O)OC)cc2)cc1. The summed E-state index contributed by atoms with van der Waals surface area (Å²) >= 11 is 0. The summed E-state index contributed by atoms with van der Waals surface area (Å²) < 4.78 is 9.13. The number of benzene rings is 2. The zero-order valence-electron chi connectivity index (χ0n) is 15.7. The first-order valence-corrected chi connectivity index (χ1v) is 8.40. The molecule has 0 bridgehead atoms. The Morgan fingerprint density at radius 1 is 0.714 bits per heavy atom. The highest BCUT2D eigenvalue weighted by Gasteiger charge is 2.20. The van der Waals surface area contributed by atoms with Crippen LogP contribution in [-0.4, -0.2) is 36.4 Å². The normalized spacial score (nSPS) is 12.6. The van der Waals surface area contributed by atoms with Crippen LogP contribution in [0.1, 0.15) is 23.3 Å². The van der Waals surface area contributed by atoms with Crippen LogP contribution in [0.4, 0.5) is 0 Å². The van der Waals surface area contributed by atoms with Crippen molar-refractivity contribution in [3.63, 3.8) is 0 Å². The van der Waals surface area contributed by atoms with Gasteiger partial charge in [-0.25, -0.2) is 9.59 Å². The van der Waals surface area contributed by atoms with Crippen molar-refractivity contribution in [2.24, 2.45) is 0 Å². The van der Waals surface area contributed by atoms with E-state index in [1.165, 1.54) is 14.2 Å². The van der Waals surface area contributed by atoms with Crippen LogP contribution in [0, 0.1) is 0 Å². The van der Waals surface area contributed by atoms with Crippen LogP contribution in [0.15, 0.2) is 72.8 Å². The van der Waals surface area contributed by atoms with Gasteiger partial charge in [0, 0.05) is 0 Å². The number of hydrogen-bond donors (Lipinski definition) is 2. The fourth-order valence-electron chi connectivity index (χ4n) is 2.60. The molecule has 6 nitrogen and oxygen atoms in total. The third-order valence-electron chi connectivity index (χ3n) is 4.34. The van der Waals surface area contributed by atoms with Crippen molar-refractivity contribution in [1.29, 1.82) is 0 Å². The lowest BCUT2D eigenvalue weighted by Crippen LogP contribution is -2.12. The second-order valence-electron chi connectivity index (χ2n) is 6.08. The minimum Gasteiger partial charge on any atom is -0.466 e. The minimum atomic E-state index is -1.15. The van der Waals surface area contributed by atoms with Crippen molar-refractivity contribution in [3.05, 3.63) is 84.0 Å². The molecule has 0 saturated carbocycles. The first kappa shape index (κ1) is 21.1. The van der Waals surface area contributed by atoms with Gasteiger partial charge in [0.25, 0.3) is 0 Å². The van der Waals surface area contributed by atoms with E-state index >= 15 is 0 Å². The fourth-order valence-corrected chi connectivity index (χ4v) is 2.60. The standard InChI is InChI=1S/C22H22O6/c1-13(21(25)27-3)19(23)17-9-5-15(6-10-17)16-7-11-18(12-8-16)20(24)14(2)22(26)28-4/h5-12,19-20,23-24H,1-2H2,3-4H3. The Morgan fingerprint density at radius 3 is 1.25 bits per heavy atom. The number of esters is 2. The maximum Gasteiger partial charge on any atom is 0.336 e. The molecule has 0 aliphatic rings. The van der Waals surface area contributed by atoms with Crippen molar-refractivity contribution in [3.8, 4) is 11.1 Å². The first-order valence-electron chi connectivity index (χ1n) is 8.40. The molecule has 2 aromatic carbocycles. The van der Waals surface area contributed by atoms with Gasteiger partial charge in [0.1, 0.15) is 12.2 Å². The van der Waals surface area contributed by atoms with Gasteiger partial charge in [0.15, 0.2) is 0 Å². The maximum absolute atomic E-state index is 11.5. The van der Waals surface area contributed by atoms with Crippen molar-refractivity contribution in [2.45, 2.75) is 12.2 Å². The van der Waals surface area contributed by atoms with Crippen molar-refractivity contribution < 1.29 is 29.3 Å². The quantitative estimate of drug-likeness (QED) is 0.565. The molecule has 0 radical (unpaired) electrons. The molecule has 146 valence electrons. The molecule has 2 aromatic rings. The number of methoxy groups -OCH3 is 2. The summed E-state index contributed by atoms with van der Waals surface area (Å²) in [6.45, 7) is 7.11. The number of hydrogen-bond acceptors (Lipinski definition) is 6. The van der Waals surface area contributed by atoms with Gasteiger partial charge in [-0.15, -0.1) is 0 Å². The molecule has 0 amide bonds. The largest absolute Gasteiger partial charge is 0.466 e. The maximum atomic E-state index is 11.5. The number of ether oxygens (including phenoxy) is 2. The smallest absolute Gasteiger partial charge is 0.336 e. The summed E-state index contributed by atoms with van der Waals surface area (Å²) in [5, 5.41) is 20.4. The summed E-state index contributed by atoms with van der Waals surface area (Å²) in [5.41, 5.74) is 2.68. The van der Waals surface area contributed by atoms with Crippen molar-refractivity contribution in [2.75, 3.05) is 14.2 Å². The highest BCUT2D eigenvalue weighted by Crippen LogP contribution is 2.28. The zero-order valence-corrected chi connectivity index (χ0v) is 15.7. The van der Waals surface area contributed by atoms with Gasteiger partial charge in [-0.2, -0.15) is 0 Å². The Labute approximate surface area is 163 Å². The van der Waals surface area contributed by atoms with Gasteiger partial charge in [-0.05, 0) is 22.3 Å². The molecule has 0 heterocycles. The number of carbonyl (C=O) groups is 2. The van der Waals surface area contributed by atoms with Gasteiger partial charge in [-0.3, -0.25) is 0 Å². The molecular formula is C22H22O6. The summed E-state index contributed by atoms with van der Waals surface area (Å²) in [6, 6.07) is 13.9. The molecule has 2 N–H and O–H groups in total. The molecule has 6 heteroatoms. The lowest BCUT2D eigenvalue weighted by molar-refractivity contribution is -0.138. The van der Waals surface area contributed by atoms with Crippen LogP contribution in [0.2, 0.25) is 0 Å². The molecule has 2 atom stereocenters. The number of rotatable bonds is 7. The Bertz CT molecular complexity index is 805. The molecule has 0 saturated heterocycles. The Balaban J connectivity index is 2.16. The molecule has 0 aliphatic carbocycles. The predicted octanol–water partition coefficient (Wildman–Crippen LogP) is 2.88. The molecule has 2 rings (SSSR count). The van der Waals surface area contributed by atoms with E-state index < -0.39 is 24.1 Å². The van der Waals surface area contributed by atoms with Crippen LogP contribution >= 0.6 is 0 Å². The number of carbonyl (C=O) groups excluding carboxylic acids is 2. The fraction of sp³-hybridized carbons (Fsp3) is 0.182. The lowest BCUT2D eigenvalue weighted by atomic mass is 9.96. The van der Waals surface area contributed by atoms with E-state index in [0.717, 1.165) is 11.1 Å². The number of aliphatic hydroxyl groups is 2. The highest BCUT2D eigenvalue weighted by molar-refractivity contribution is 5.89. The van der Waals surface area contributed by atoms with Gasteiger partial charge in [0.05, 0.1) is 25.4 Å². The van der Waals surface area contributed by atoms with Gasteiger partial charge < -0.3 is 19.7 Å². The Hall–Kier alpha value is -3.22. The molecule has 28 heavy (non-hydrogen) atoms. The van der Waals surface area contributed by atoms with Crippen LogP contribution in [0.3, 0.4) is 0 Å². The molecular weight excluding hydrogens is 360 g/mol. The van der Waals surface area contributed by atoms with Gasteiger partial charge in [0.2, 0.25) is 0 Å². The Kier molecular flexibility index (Phi) is 6.87. The summed E-state index contributed by atoms with van der Waals surface area (Å²) in [7, 11) is 2.45. The average molecular weight is 382 g/mol. The molecule has 2 unspecified atom stereocenters. The molecule has 0 aliphatic heterocycles. The van der Waals surface area contributed by atoms with E-state index in [1.807, 2.05) is 0 Å². The third kappa shape index (κ3) is 4.54. The van der Waals surface area contributed by atoms with Crippen molar-refractivity contribution in [1.82, 2.24) is 0 Å². The van der Waals surface area contributed by atoms with E-state index in [0.29, 0.717) is 11.1 Å². The monoisotopic (exact) mass is 382 g/mol. The van der Waals surface area contributed by atoms with E-state index in [1.54, 1.807) is 48.5 Å². The Morgan fingerprint density at radius 2 is 1.00 bits per heavy atom. The van der Waals surface area contributed by atoms with Crippen LogP contribution in [0.25, 0.3) is 11.1 Å². The first-order chi connectivity index (χ1) is 13.3. The van der Waals surface area contributed by atoms with E-state index in [9.17, 15) is 19.8 Å². The topological polar surface area (TPSA) is 93.1 Å². The minimum absolute atomic E-state index is 0.0422. The lowest BCUT2D eigenvalue weighted by Gasteiger charge is -2.14. The van der Waals surface area contributed by atoms with Crippen LogP contribution in [0.5, 0.6) is 0 Å². The summed E-state index contributed by atoms with van der Waals surface area (Å²) in [5.74, 6) is -1.33.